The van der Waals surface area contributed by atoms with Crippen LogP contribution in [0.3, 0.4) is 0 Å². The van der Waals surface area contributed by atoms with E-state index in [4.69, 9.17) is 11.8 Å². The molecule has 0 aliphatic rings. The summed E-state index contributed by atoms with van der Waals surface area (Å²) < 4.78 is 0. The van der Waals surface area contributed by atoms with Crippen molar-refractivity contribution in [1.29, 1.82) is 5.26 Å². The van der Waals surface area contributed by atoms with Gasteiger partial charge in [0.15, 0.2) is 17.4 Å². The molecule has 0 unspecified atom stereocenters. The Morgan fingerprint density at radius 2 is 1.25 bits per heavy atom. The fourth-order valence-electron chi connectivity index (χ4n) is 0. The van der Waals surface area contributed by atoms with Gasteiger partial charge in [0.1, 0.15) is 0 Å². The van der Waals surface area contributed by atoms with Crippen LogP contribution in [-0.2, 0) is 17.4 Å². The van der Waals surface area contributed by atoms with Gasteiger partial charge in [-0.1, -0.05) is 0 Å². The van der Waals surface area contributed by atoms with Crippen molar-refractivity contribution in [2.24, 2.45) is 0 Å². The molecule has 0 atom stereocenters. The van der Waals surface area contributed by atoms with E-state index in [0.717, 1.165) is 0 Å². The first-order valence-corrected chi connectivity index (χ1v) is 0.224. The Kier molecular flexibility index (Phi) is 449. The molecule has 0 aliphatic carbocycles. The summed E-state index contributed by atoms with van der Waals surface area (Å²) in [7, 11) is 0. The van der Waals surface area contributed by atoms with E-state index >= 15 is 0 Å². The Bertz CT molecular complexity index is 12.8. The van der Waals surface area contributed by atoms with Crippen LogP contribution in [0.5, 0.6) is 0 Å². The topological polar surface area (TPSA) is 23.8 Å². The van der Waals surface area contributed by atoms with Crippen LogP contribution in [0.2, 0.25) is 0 Å². The van der Waals surface area contributed by atoms with Crippen LogP contribution in [0, 0.1) is 11.8 Å². The van der Waals surface area contributed by atoms with Crippen molar-refractivity contribution in [1.82, 2.24) is 0 Å². The fourth-order valence-corrected chi connectivity index (χ4v) is 0. The molecule has 0 aromatic carbocycles. The number of nitrogens with zero attached hydrogens (tertiary/aromatic N) is 1. The SMILES string of the molecule is [AlH3].[C-]#N.[Cr]. The summed E-state index contributed by atoms with van der Waals surface area (Å²) in [6.07, 6.45) is 0. The third-order valence-electron chi connectivity index (χ3n) is 0. The standard InChI is InChI=1S/CN.Al.Cr.3H/c1-2;;;;;/q-1;;;;;. The molecule has 0 aromatic rings. The predicted molar refractivity (Wildman–Crippen MR) is 14.9 cm³/mol. The first kappa shape index (κ1) is 23.8. The molecule has 4 heavy (non-hydrogen) atoms. The zero-order valence-corrected chi connectivity index (χ0v) is 2.63. The van der Waals surface area contributed by atoms with E-state index < -0.39 is 0 Å². The van der Waals surface area contributed by atoms with Gasteiger partial charge in [-0.15, -0.1) is 0 Å². The van der Waals surface area contributed by atoms with Crippen LogP contribution in [0.4, 0.5) is 0 Å². The van der Waals surface area contributed by atoms with Crippen LogP contribution in [-0.4, -0.2) is 17.4 Å². The summed E-state index contributed by atoms with van der Waals surface area (Å²) in [5.74, 6) is 0. The minimum Gasteiger partial charge on any atom is -0.512 e. The molecule has 0 fully saturated rings. The average Bonchev–Trinajstić information content (AvgIpc) is 1.00. The molecule has 0 heterocycles. The second-order valence-electron chi connectivity index (χ2n) is 0. The third kappa shape index (κ3) is 20.1. The Morgan fingerprint density at radius 1 is 1.25 bits per heavy atom. The van der Waals surface area contributed by atoms with Crippen molar-refractivity contribution in [3.63, 3.8) is 0 Å². The van der Waals surface area contributed by atoms with Crippen molar-refractivity contribution in [3.8, 4) is 0 Å². The summed E-state index contributed by atoms with van der Waals surface area (Å²) in [6, 6.07) is 0. The van der Waals surface area contributed by atoms with Gasteiger partial charge in [-0.2, -0.15) is 0 Å². The largest absolute Gasteiger partial charge is 0.512 e. The molecule has 0 spiro atoms. The first-order chi connectivity index (χ1) is 1.00. The smallest absolute Gasteiger partial charge is 0.187 e. The van der Waals surface area contributed by atoms with E-state index in [2.05, 4.69) is 0 Å². The molecule has 1 nitrogen and oxygen atoms in total. The molecule has 0 radical (unpaired) electrons. The maximum Gasteiger partial charge on any atom is 0.187 e. The van der Waals surface area contributed by atoms with Gasteiger partial charge in [0, 0.05) is 17.4 Å². The van der Waals surface area contributed by atoms with E-state index in [1.165, 1.54) is 0 Å². The van der Waals surface area contributed by atoms with Gasteiger partial charge in [0.25, 0.3) is 0 Å². The number of hydrogen-bond donors (Lipinski definition) is 0. The molecule has 0 aromatic heterocycles. The van der Waals surface area contributed by atoms with Crippen molar-refractivity contribution < 1.29 is 17.4 Å². The molecular formula is CH3AlCrN-. The minimum absolute atomic E-state index is 0. The van der Waals surface area contributed by atoms with Crippen molar-refractivity contribution in [3.05, 3.63) is 6.57 Å². The van der Waals surface area contributed by atoms with Crippen molar-refractivity contribution in [2.75, 3.05) is 0 Å². The summed E-state index contributed by atoms with van der Waals surface area (Å²) in [4.78, 5) is 0. The first-order valence-electron chi connectivity index (χ1n) is 0.224. The molecule has 3 heteroatoms. The number of hydrogen-bond acceptors (Lipinski definition) is 1. The van der Waals surface area contributed by atoms with E-state index in [0.29, 0.717) is 0 Å². The van der Waals surface area contributed by atoms with E-state index in [1.807, 2.05) is 0 Å². The van der Waals surface area contributed by atoms with E-state index in [9.17, 15) is 0 Å². The Balaban J connectivity index is -0.00000000500. The summed E-state index contributed by atoms with van der Waals surface area (Å²) in [6.45, 7) is 4.75. The molecule has 0 saturated carbocycles. The van der Waals surface area contributed by atoms with Gasteiger partial charge in [0.05, 0.1) is 0 Å². The zero-order valence-electron chi connectivity index (χ0n) is 1.36. The summed E-state index contributed by atoms with van der Waals surface area (Å²) in [5, 5.41) is 6.25. The molecule has 0 aliphatic heterocycles. The maximum atomic E-state index is 6.25. The molecule has 0 amide bonds. The van der Waals surface area contributed by atoms with Gasteiger partial charge in [0.2, 0.25) is 0 Å². The zero-order chi connectivity index (χ0) is 2.00. The Morgan fingerprint density at radius 3 is 1.25 bits per heavy atom. The van der Waals surface area contributed by atoms with Gasteiger partial charge < -0.3 is 11.8 Å². The Labute approximate surface area is 46.9 Å². The number of rotatable bonds is 0. The van der Waals surface area contributed by atoms with Gasteiger partial charge in [-0.05, 0) is 0 Å². The van der Waals surface area contributed by atoms with E-state index in [1.54, 1.807) is 0 Å². The van der Waals surface area contributed by atoms with Crippen LogP contribution in [0.25, 0.3) is 0 Å². The van der Waals surface area contributed by atoms with Crippen LogP contribution < -0.4 is 0 Å². The van der Waals surface area contributed by atoms with Gasteiger partial charge >= 0.3 is 0 Å². The molecular weight excluding hydrogens is 105 g/mol. The second kappa shape index (κ2) is 75.4. The molecule has 0 rings (SSSR count). The predicted octanol–water partition coefficient (Wildman–Crippen LogP) is -1.09. The molecule has 0 bridgehead atoms. The quantitative estimate of drug-likeness (QED) is 0.285. The summed E-state index contributed by atoms with van der Waals surface area (Å²) >= 11 is 0. The van der Waals surface area contributed by atoms with Crippen LogP contribution >= 0.6 is 0 Å². The normalized spacial score (nSPS) is 0.500. The maximum absolute atomic E-state index is 6.25. The fraction of sp³-hybridized carbons (Fsp3) is 0. The Hall–Kier alpha value is 0.555. The monoisotopic (exact) mass is 108 g/mol. The second-order valence-corrected chi connectivity index (χ2v) is 0. The van der Waals surface area contributed by atoms with Crippen molar-refractivity contribution in [2.45, 2.75) is 0 Å². The van der Waals surface area contributed by atoms with Crippen LogP contribution in [0.15, 0.2) is 0 Å². The van der Waals surface area contributed by atoms with Crippen molar-refractivity contribution >= 4 is 17.4 Å². The molecule has 0 N–H and O–H groups in total. The van der Waals surface area contributed by atoms with Gasteiger partial charge in [-0.25, -0.2) is 0 Å². The molecule has 0 saturated heterocycles. The average molecular weight is 108 g/mol. The third-order valence-corrected chi connectivity index (χ3v) is 0. The van der Waals surface area contributed by atoms with Gasteiger partial charge in [-0.3, -0.25) is 0 Å². The van der Waals surface area contributed by atoms with Crippen LogP contribution in [0.1, 0.15) is 0 Å². The summed E-state index contributed by atoms with van der Waals surface area (Å²) in [5.41, 5.74) is 0. The molecule has 22 valence electrons. The van der Waals surface area contributed by atoms with E-state index in [-0.39, 0.29) is 34.7 Å². The minimum atomic E-state index is 0.